The van der Waals surface area contributed by atoms with Crippen LogP contribution in [0.5, 0.6) is 5.75 Å². The van der Waals surface area contributed by atoms with E-state index in [0.29, 0.717) is 12.0 Å². The minimum absolute atomic E-state index is 0.233. The van der Waals surface area contributed by atoms with Crippen LogP contribution in [0.4, 0.5) is 0 Å². The topological polar surface area (TPSA) is 41.5 Å². The van der Waals surface area contributed by atoms with Crippen molar-refractivity contribution < 1.29 is 9.84 Å². The van der Waals surface area contributed by atoms with E-state index < -0.39 is 0 Å². The Morgan fingerprint density at radius 1 is 1.44 bits per heavy atom. The van der Waals surface area contributed by atoms with Gasteiger partial charge in [0.15, 0.2) is 0 Å². The molecular formula is C15H23NO2. The van der Waals surface area contributed by atoms with E-state index in [1.807, 2.05) is 6.07 Å². The summed E-state index contributed by atoms with van der Waals surface area (Å²) in [5.74, 6) is 1.57. The Morgan fingerprint density at radius 2 is 2.22 bits per heavy atom. The first-order chi connectivity index (χ1) is 8.76. The van der Waals surface area contributed by atoms with Crippen LogP contribution in [0.2, 0.25) is 0 Å². The predicted molar refractivity (Wildman–Crippen MR) is 73.1 cm³/mol. The second-order valence-electron chi connectivity index (χ2n) is 5.10. The summed E-state index contributed by atoms with van der Waals surface area (Å²) in [6, 6.07) is 9.14. The Hall–Kier alpha value is -1.06. The second kappa shape index (κ2) is 6.21. The minimum Gasteiger partial charge on any atom is -0.497 e. The first-order valence-electron chi connectivity index (χ1n) is 6.77. The Balaban J connectivity index is 1.84. The van der Waals surface area contributed by atoms with Gasteiger partial charge in [0.05, 0.1) is 13.7 Å². The van der Waals surface area contributed by atoms with Gasteiger partial charge in [-0.25, -0.2) is 0 Å². The largest absolute Gasteiger partial charge is 0.497 e. The maximum Gasteiger partial charge on any atom is 0.119 e. The summed E-state index contributed by atoms with van der Waals surface area (Å²) in [7, 11) is 1.71. The van der Waals surface area contributed by atoms with Crippen LogP contribution in [0.25, 0.3) is 0 Å². The smallest absolute Gasteiger partial charge is 0.119 e. The first kappa shape index (κ1) is 13.4. The van der Waals surface area contributed by atoms with Gasteiger partial charge < -0.3 is 15.2 Å². The van der Waals surface area contributed by atoms with Crippen LogP contribution >= 0.6 is 0 Å². The van der Waals surface area contributed by atoms with E-state index in [9.17, 15) is 0 Å². The average molecular weight is 249 g/mol. The quantitative estimate of drug-likeness (QED) is 0.813. The van der Waals surface area contributed by atoms with E-state index in [1.165, 1.54) is 5.56 Å². The highest BCUT2D eigenvalue weighted by Crippen LogP contribution is 2.38. The van der Waals surface area contributed by atoms with Gasteiger partial charge in [-0.15, -0.1) is 0 Å². The molecule has 0 saturated heterocycles. The lowest BCUT2D eigenvalue weighted by atomic mass is 9.75. The lowest BCUT2D eigenvalue weighted by Gasteiger charge is -2.38. The van der Waals surface area contributed by atoms with Crippen LogP contribution in [0.15, 0.2) is 24.3 Å². The molecule has 100 valence electrons. The van der Waals surface area contributed by atoms with Gasteiger partial charge in [-0.3, -0.25) is 0 Å². The first-order valence-corrected chi connectivity index (χ1v) is 6.77. The van der Waals surface area contributed by atoms with Gasteiger partial charge in [0, 0.05) is 12.1 Å². The molecule has 1 aromatic carbocycles. The standard InChI is InChI=1S/C15H23NO2/c1-3-13(10-17)16-14-7-12(8-14)11-5-4-6-15(9-11)18-2/h4-6,9,12-14,16-17H,3,7-8,10H2,1-2H3/t12?,13-,14?/m1/s1. The van der Waals surface area contributed by atoms with Crippen molar-refractivity contribution in [1.29, 1.82) is 0 Å². The molecule has 0 heterocycles. The van der Waals surface area contributed by atoms with Crippen molar-refractivity contribution in [2.45, 2.75) is 44.2 Å². The molecule has 0 aliphatic heterocycles. The highest BCUT2D eigenvalue weighted by Gasteiger charge is 2.31. The lowest BCUT2D eigenvalue weighted by molar-refractivity contribution is 0.193. The molecule has 3 heteroatoms. The number of hydrogen-bond acceptors (Lipinski definition) is 3. The van der Waals surface area contributed by atoms with Crippen molar-refractivity contribution in [2.75, 3.05) is 13.7 Å². The van der Waals surface area contributed by atoms with Gasteiger partial charge >= 0.3 is 0 Å². The van der Waals surface area contributed by atoms with Crippen LogP contribution in [0.1, 0.15) is 37.7 Å². The molecule has 2 N–H and O–H groups in total. The summed E-state index contributed by atoms with van der Waals surface area (Å²) in [5, 5.41) is 12.7. The molecule has 0 aromatic heterocycles. The summed E-state index contributed by atoms with van der Waals surface area (Å²) in [6.45, 7) is 2.34. The summed E-state index contributed by atoms with van der Waals surface area (Å²) in [5.41, 5.74) is 1.37. The lowest BCUT2D eigenvalue weighted by Crippen LogP contribution is -2.46. The van der Waals surface area contributed by atoms with Crippen molar-refractivity contribution in [3.63, 3.8) is 0 Å². The molecular weight excluding hydrogens is 226 g/mol. The zero-order chi connectivity index (χ0) is 13.0. The zero-order valence-corrected chi connectivity index (χ0v) is 11.2. The zero-order valence-electron chi connectivity index (χ0n) is 11.2. The molecule has 1 saturated carbocycles. The highest BCUT2D eigenvalue weighted by molar-refractivity contribution is 5.32. The number of benzene rings is 1. The van der Waals surface area contributed by atoms with E-state index in [-0.39, 0.29) is 12.6 Å². The van der Waals surface area contributed by atoms with Gasteiger partial charge in [0.25, 0.3) is 0 Å². The number of methoxy groups -OCH3 is 1. The van der Waals surface area contributed by atoms with Gasteiger partial charge in [-0.2, -0.15) is 0 Å². The summed E-state index contributed by atoms with van der Waals surface area (Å²) in [6.07, 6.45) is 3.30. The third-order valence-corrected chi connectivity index (χ3v) is 3.89. The van der Waals surface area contributed by atoms with Gasteiger partial charge in [0.1, 0.15) is 5.75 Å². The normalized spacial score (nSPS) is 24.4. The van der Waals surface area contributed by atoms with Crippen molar-refractivity contribution >= 4 is 0 Å². The fraction of sp³-hybridized carbons (Fsp3) is 0.600. The van der Waals surface area contributed by atoms with Crippen molar-refractivity contribution in [2.24, 2.45) is 0 Å². The molecule has 1 aliphatic carbocycles. The van der Waals surface area contributed by atoms with Crippen LogP contribution < -0.4 is 10.1 Å². The Labute approximate surface area is 109 Å². The highest BCUT2D eigenvalue weighted by atomic mass is 16.5. The Bertz CT molecular complexity index is 371. The number of nitrogens with one attached hydrogen (secondary N) is 1. The summed E-state index contributed by atoms with van der Waals surface area (Å²) < 4.78 is 5.25. The minimum atomic E-state index is 0.233. The molecule has 0 bridgehead atoms. The van der Waals surface area contributed by atoms with Crippen molar-refractivity contribution in [1.82, 2.24) is 5.32 Å². The Kier molecular flexibility index (Phi) is 4.61. The molecule has 18 heavy (non-hydrogen) atoms. The van der Waals surface area contributed by atoms with Gasteiger partial charge in [0.2, 0.25) is 0 Å². The van der Waals surface area contributed by atoms with E-state index >= 15 is 0 Å². The average Bonchev–Trinajstić information content (AvgIpc) is 2.38. The fourth-order valence-corrected chi connectivity index (χ4v) is 2.55. The number of aliphatic hydroxyl groups is 1. The maximum atomic E-state index is 9.17. The van der Waals surface area contributed by atoms with Crippen LogP contribution in [-0.2, 0) is 0 Å². The summed E-state index contributed by atoms with van der Waals surface area (Å²) >= 11 is 0. The molecule has 0 unspecified atom stereocenters. The molecule has 1 aromatic rings. The monoisotopic (exact) mass is 249 g/mol. The Morgan fingerprint density at radius 3 is 2.83 bits per heavy atom. The van der Waals surface area contributed by atoms with Crippen molar-refractivity contribution in [3.05, 3.63) is 29.8 Å². The van der Waals surface area contributed by atoms with Crippen LogP contribution in [0.3, 0.4) is 0 Å². The number of hydrogen-bond donors (Lipinski definition) is 2. The van der Waals surface area contributed by atoms with E-state index in [4.69, 9.17) is 9.84 Å². The van der Waals surface area contributed by atoms with E-state index in [2.05, 4.69) is 30.4 Å². The molecule has 1 atom stereocenters. The van der Waals surface area contributed by atoms with E-state index in [0.717, 1.165) is 25.0 Å². The van der Waals surface area contributed by atoms with Crippen LogP contribution in [-0.4, -0.2) is 30.9 Å². The summed E-state index contributed by atoms with van der Waals surface area (Å²) in [4.78, 5) is 0. The van der Waals surface area contributed by atoms with Gasteiger partial charge in [-0.1, -0.05) is 19.1 Å². The molecule has 0 spiro atoms. The maximum absolute atomic E-state index is 9.17. The second-order valence-corrected chi connectivity index (χ2v) is 5.10. The van der Waals surface area contributed by atoms with Crippen LogP contribution in [0, 0.1) is 0 Å². The third kappa shape index (κ3) is 3.03. The number of rotatable bonds is 6. The fourth-order valence-electron chi connectivity index (χ4n) is 2.55. The van der Waals surface area contributed by atoms with Gasteiger partial charge in [-0.05, 0) is 42.9 Å². The SMILES string of the molecule is CC[C@H](CO)NC1CC(c2cccc(OC)c2)C1. The molecule has 0 amide bonds. The molecule has 2 rings (SSSR count). The third-order valence-electron chi connectivity index (χ3n) is 3.89. The van der Waals surface area contributed by atoms with E-state index in [1.54, 1.807) is 7.11 Å². The number of aliphatic hydroxyl groups excluding tert-OH is 1. The molecule has 1 fully saturated rings. The molecule has 1 aliphatic rings. The molecule has 3 nitrogen and oxygen atoms in total. The number of ether oxygens (including phenoxy) is 1. The van der Waals surface area contributed by atoms with Crippen molar-refractivity contribution in [3.8, 4) is 5.75 Å². The molecule has 0 radical (unpaired) electrons. The predicted octanol–water partition coefficient (Wildman–Crippen LogP) is 2.30.